The first kappa shape index (κ1) is 15.3. The predicted octanol–water partition coefficient (Wildman–Crippen LogP) is 2.65. The number of nitrogens with zero attached hydrogens (tertiary/aromatic N) is 1. The maximum atomic E-state index is 12.8. The van der Waals surface area contributed by atoms with Gasteiger partial charge in [0.2, 0.25) is 5.91 Å². The third-order valence-corrected chi connectivity index (χ3v) is 4.85. The second kappa shape index (κ2) is 6.25. The summed E-state index contributed by atoms with van der Waals surface area (Å²) in [5, 5.41) is 10.2. The minimum atomic E-state index is -0.505. The number of benzene rings is 1. The normalized spacial score (nSPS) is 30.4. The highest BCUT2D eigenvalue weighted by Crippen LogP contribution is 2.40. The van der Waals surface area contributed by atoms with Crippen molar-refractivity contribution in [2.45, 2.75) is 38.8 Å². The summed E-state index contributed by atoms with van der Waals surface area (Å²) in [5.41, 5.74) is 1.27. The number of aryl methyl sites for hydroxylation is 1. The summed E-state index contributed by atoms with van der Waals surface area (Å²) in [6.45, 7) is 4.98. The lowest BCUT2D eigenvalue weighted by Gasteiger charge is -2.28. The Morgan fingerprint density at radius 3 is 2.59 bits per heavy atom. The van der Waals surface area contributed by atoms with Gasteiger partial charge in [0.1, 0.15) is 0 Å². The number of aliphatic hydroxyl groups is 1. The molecule has 118 valence electrons. The van der Waals surface area contributed by atoms with Crippen LogP contribution in [0.1, 0.15) is 25.8 Å². The molecule has 1 aromatic rings. The Morgan fingerprint density at radius 1 is 1.18 bits per heavy atom. The largest absolute Gasteiger partial charge is 0.387 e. The molecule has 0 saturated carbocycles. The fourth-order valence-electron chi connectivity index (χ4n) is 3.87. The van der Waals surface area contributed by atoms with E-state index in [9.17, 15) is 9.90 Å². The van der Waals surface area contributed by atoms with Crippen molar-refractivity contribution in [3.63, 3.8) is 0 Å². The topological polar surface area (TPSA) is 40.5 Å². The van der Waals surface area contributed by atoms with Crippen LogP contribution in [0.3, 0.4) is 0 Å². The van der Waals surface area contributed by atoms with Crippen molar-refractivity contribution in [3.05, 3.63) is 48.0 Å². The van der Waals surface area contributed by atoms with Crippen molar-refractivity contribution < 1.29 is 9.90 Å². The van der Waals surface area contributed by atoms with Gasteiger partial charge in [-0.3, -0.25) is 4.79 Å². The molecule has 0 spiro atoms. The van der Waals surface area contributed by atoms with Gasteiger partial charge >= 0.3 is 0 Å². The van der Waals surface area contributed by atoms with Crippen molar-refractivity contribution in [2.75, 3.05) is 6.54 Å². The van der Waals surface area contributed by atoms with Gasteiger partial charge in [-0.2, -0.15) is 0 Å². The van der Waals surface area contributed by atoms with E-state index in [1.54, 1.807) is 0 Å². The molecule has 2 aliphatic rings. The zero-order valence-electron chi connectivity index (χ0n) is 13.4. The lowest BCUT2D eigenvalue weighted by atomic mass is 9.87. The first-order valence-electron chi connectivity index (χ1n) is 8.28. The molecule has 0 aromatic heterocycles. The number of rotatable bonds is 5. The molecule has 3 heteroatoms. The lowest BCUT2D eigenvalue weighted by Crippen LogP contribution is -2.42. The van der Waals surface area contributed by atoms with Crippen LogP contribution >= 0.6 is 0 Å². The van der Waals surface area contributed by atoms with Crippen LogP contribution in [0.25, 0.3) is 0 Å². The molecule has 1 N–H and O–H groups in total. The number of hydrogen-bond donors (Lipinski definition) is 1. The van der Waals surface area contributed by atoms with E-state index in [0.29, 0.717) is 5.92 Å². The van der Waals surface area contributed by atoms with Gasteiger partial charge in [-0.05, 0) is 24.3 Å². The summed E-state index contributed by atoms with van der Waals surface area (Å²) < 4.78 is 0. The second-order valence-corrected chi connectivity index (χ2v) is 6.96. The van der Waals surface area contributed by atoms with Crippen LogP contribution < -0.4 is 0 Å². The fourth-order valence-corrected chi connectivity index (χ4v) is 3.87. The van der Waals surface area contributed by atoms with Crippen LogP contribution in [0.5, 0.6) is 0 Å². The van der Waals surface area contributed by atoms with E-state index in [1.807, 2.05) is 29.2 Å². The number of hydrogen-bond acceptors (Lipinski definition) is 2. The highest BCUT2D eigenvalue weighted by molar-refractivity contribution is 5.83. The van der Waals surface area contributed by atoms with Crippen molar-refractivity contribution in [2.24, 2.45) is 17.8 Å². The number of fused-ring (bicyclic) bond motifs is 1. The van der Waals surface area contributed by atoms with Gasteiger partial charge in [0.25, 0.3) is 0 Å². The second-order valence-electron chi connectivity index (χ2n) is 6.96. The fraction of sp³-hybridized carbons (Fsp3) is 0.526. The molecule has 1 amide bonds. The van der Waals surface area contributed by atoms with Gasteiger partial charge in [0, 0.05) is 18.4 Å². The van der Waals surface area contributed by atoms with Crippen LogP contribution in [-0.2, 0) is 11.2 Å². The molecule has 1 saturated heterocycles. The zero-order valence-corrected chi connectivity index (χ0v) is 13.4. The first-order chi connectivity index (χ1) is 10.6. The number of carbonyl (C=O) groups is 1. The van der Waals surface area contributed by atoms with Crippen LogP contribution in [0.2, 0.25) is 0 Å². The Labute approximate surface area is 132 Å². The molecule has 0 radical (unpaired) electrons. The molecule has 3 rings (SSSR count). The smallest absolute Gasteiger partial charge is 0.226 e. The lowest BCUT2D eigenvalue weighted by molar-refractivity contribution is -0.133. The van der Waals surface area contributed by atoms with Gasteiger partial charge in [-0.15, -0.1) is 0 Å². The van der Waals surface area contributed by atoms with Crippen LogP contribution in [0.15, 0.2) is 42.5 Å². The minimum absolute atomic E-state index is 0.0114. The number of aliphatic hydroxyl groups excluding tert-OH is 1. The molecule has 1 fully saturated rings. The Bertz CT molecular complexity index is 552. The predicted molar refractivity (Wildman–Crippen MR) is 87.2 cm³/mol. The molecular formula is C19H25NO2. The van der Waals surface area contributed by atoms with Crippen LogP contribution in [0, 0.1) is 17.8 Å². The monoisotopic (exact) mass is 299 g/mol. The maximum absolute atomic E-state index is 12.8. The molecule has 0 bridgehead atoms. The molecular weight excluding hydrogens is 274 g/mol. The average Bonchev–Trinajstić information content (AvgIpc) is 2.98. The average molecular weight is 299 g/mol. The van der Waals surface area contributed by atoms with Crippen molar-refractivity contribution in [1.82, 2.24) is 4.90 Å². The van der Waals surface area contributed by atoms with E-state index in [4.69, 9.17) is 0 Å². The molecule has 1 heterocycles. The molecule has 3 nitrogen and oxygen atoms in total. The molecule has 1 aliphatic carbocycles. The summed E-state index contributed by atoms with van der Waals surface area (Å²) in [5.74, 6) is 0.829. The van der Waals surface area contributed by atoms with Crippen molar-refractivity contribution in [1.29, 1.82) is 0 Å². The molecule has 3 unspecified atom stereocenters. The molecule has 1 aliphatic heterocycles. The van der Waals surface area contributed by atoms with Crippen molar-refractivity contribution in [3.8, 4) is 0 Å². The highest BCUT2D eigenvalue weighted by atomic mass is 16.3. The summed E-state index contributed by atoms with van der Waals surface area (Å²) in [6, 6.07) is 10.3. The van der Waals surface area contributed by atoms with Crippen molar-refractivity contribution >= 4 is 5.91 Å². The summed E-state index contributed by atoms with van der Waals surface area (Å²) in [7, 11) is 0. The van der Waals surface area contributed by atoms with Gasteiger partial charge in [-0.1, -0.05) is 56.3 Å². The summed E-state index contributed by atoms with van der Waals surface area (Å²) in [6.07, 6.45) is 5.19. The van der Waals surface area contributed by atoms with E-state index < -0.39 is 6.10 Å². The van der Waals surface area contributed by atoms with Gasteiger partial charge in [0.15, 0.2) is 0 Å². The number of amides is 1. The maximum Gasteiger partial charge on any atom is 0.226 e. The Morgan fingerprint density at radius 2 is 1.91 bits per heavy atom. The van der Waals surface area contributed by atoms with Crippen LogP contribution in [-0.4, -0.2) is 34.6 Å². The molecule has 22 heavy (non-hydrogen) atoms. The third kappa shape index (κ3) is 2.82. The molecule has 4 atom stereocenters. The van der Waals surface area contributed by atoms with Gasteiger partial charge < -0.3 is 10.0 Å². The van der Waals surface area contributed by atoms with E-state index in [1.165, 1.54) is 5.56 Å². The summed E-state index contributed by atoms with van der Waals surface area (Å²) in [4.78, 5) is 14.7. The van der Waals surface area contributed by atoms with E-state index in [-0.39, 0.29) is 23.8 Å². The minimum Gasteiger partial charge on any atom is -0.387 e. The summed E-state index contributed by atoms with van der Waals surface area (Å²) >= 11 is 0. The van der Waals surface area contributed by atoms with Gasteiger partial charge in [-0.25, -0.2) is 0 Å². The Balaban J connectivity index is 1.73. The zero-order chi connectivity index (χ0) is 15.7. The molecule has 1 aromatic carbocycles. The number of carbonyl (C=O) groups excluding carboxylic acids is 1. The third-order valence-electron chi connectivity index (χ3n) is 4.85. The SMILES string of the molecule is CC(C)CN1C(=O)C(CCc2ccccc2)C2C=C[C@@H](O)C21. The van der Waals surface area contributed by atoms with E-state index >= 15 is 0 Å². The Hall–Kier alpha value is -1.61. The standard InChI is InChI=1S/C19H25NO2/c1-13(2)12-20-18-15(10-11-17(18)21)16(19(20)22)9-8-14-6-4-3-5-7-14/h3-7,10-11,13,15-18,21H,8-9,12H2,1-2H3/t15?,16?,17-,18?/m1/s1. The first-order valence-corrected chi connectivity index (χ1v) is 8.28. The Kier molecular flexibility index (Phi) is 4.34. The quantitative estimate of drug-likeness (QED) is 0.849. The number of likely N-dealkylation sites (tertiary alicyclic amines) is 1. The highest BCUT2D eigenvalue weighted by Gasteiger charge is 2.50. The van der Waals surface area contributed by atoms with Gasteiger partial charge in [0.05, 0.1) is 12.1 Å². The van der Waals surface area contributed by atoms with E-state index in [2.05, 4.69) is 32.1 Å². The van der Waals surface area contributed by atoms with E-state index in [0.717, 1.165) is 19.4 Å². The van der Waals surface area contributed by atoms with Crippen LogP contribution in [0.4, 0.5) is 0 Å².